The van der Waals surface area contributed by atoms with Gasteiger partial charge in [-0.15, -0.1) is 0 Å². The van der Waals surface area contributed by atoms with Gasteiger partial charge in [-0.3, -0.25) is 4.90 Å². The van der Waals surface area contributed by atoms with E-state index in [0.29, 0.717) is 6.04 Å². The van der Waals surface area contributed by atoms with Crippen LogP contribution in [0.15, 0.2) is 0 Å². The Hall–Kier alpha value is -0.610. The van der Waals surface area contributed by atoms with Crippen molar-refractivity contribution in [2.24, 2.45) is 5.92 Å². The number of rotatable bonds is 5. The quantitative estimate of drug-likeness (QED) is 0.796. The van der Waals surface area contributed by atoms with Crippen molar-refractivity contribution in [1.82, 2.24) is 4.90 Å². The monoisotopic (exact) mass is 241 g/mol. The van der Waals surface area contributed by atoms with Gasteiger partial charge in [-0.1, -0.05) is 13.3 Å². The van der Waals surface area contributed by atoms with Crippen LogP contribution in [0.25, 0.3) is 0 Å². The number of likely N-dealkylation sites (tertiary alicyclic amines) is 1. The first-order valence-corrected chi connectivity index (χ1v) is 6.62. The van der Waals surface area contributed by atoms with Crippen LogP contribution in [0.1, 0.15) is 39.5 Å². The van der Waals surface area contributed by atoms with Crippen LogP contribution in [-0.2, 0) is 9.53 Å². The van der Waals surface area contributed by atoms with Gasteiger partial charge in [0.2, 0.25) is 0 Å². The molecule has 17 heavy (non-hydrogen) atoms. The molecule has 0 bridgehead atoms. The number of aliphatic carboxylic acids is 1. The largest absolute Gasteiger partial charge is 0.480 e. The summed E-state index contributed by atoms with van der Waals surface area (Å²) in [6, 6.07) is 0.710. The predicted molar refractivity (Wildman–Crippen MR) is 65.0 cm³/mol. The van der Waals surface area contributed by atoms with Gasteiger partial charge in [-0.05, 0) is 32.1 Å². The van der Waals surface area contributed by atoms with E-state index in [4.69, 9.17) is 9.84 Å². The van der Waals surface area contributed by atoms with Crippen LogP contribution in [-0.4, -0.2) is 47.3 Å². The van der Waals surface area contributed by atoms with Crippen LogP contribution in [0.5, 0.6) is 0 Å². The molecule has 1 aliphatic heterocycles. The maximum Gasteiger partial charge on any atom is 0.329 e. The van der Waals surface area contributed by atoms with E-state index in [1.165, 1.54) is 25.7 Å². The molecule has 2 rings (SSSR count). The van der Waals surface area contributed by atoms with E-state index >= 15 is 0 Å². The van der Waals surface area contributed by atoms with Gasteiger partial charge in [-0.25, -0.2) is 4.79 Å². The third kappa shape index (κ3) is 2.99. The van der Waals surface area contributed by atoms with Gasteiger partial charge in [0, 0.05) is 19.1 Å². The van der Waals surface area contributed by atoms with Crippen LogP contribution in [0.2, 0.25) is 0 Å². The molecular weight excluding hydrogens is 218 g/mol. The lowest BCUT2D eigenvalue weighted by atomic mass is 9.93. The molecular formula is C13H23NO3. The Morgan fingerprint density at radius 1 is 1.47 bits per heavy atom. The normalized spacial score (nSPS) is 32.4. The maximum absolute atomic E-state index is 10.5. The molecule has 1 N–H and O–H groups in total. The summed E-state index contributed by atoms with van der Waals surface area (Å²) in [5.74, 6) is 0.0170. The van der Waals surface area contributed by atoms with Gasteiger partial charge < -0.3 is 9.84 Å². The van der Waals surface area contributed by atoms with Gasteiger partial charge in [-0.2, -0.15) is 0 Å². The first-order chi connectivity index (χ1) is 8.02. The average molecular weight is 241 g/mol. The zero-order chi connectivity index (χ0) is 12.5. The molecule has 2 unspecified atom stereocenters. The van der Waals surface area contributed by atoms with Gasteiger partial charge in [0.15, 0.2) is 0 Å². The first kappa shape index (κ1) is 12.8. The van der Waals surface area contributed by atoms with Crippen LogP contribution < -0.4 is 0 Å². The van der Waals surface area contributed by atoms with Crippen molar-refractivity contribution in [1.29, 1.82) is 0 Å². The van der Waals surface area contributed by atoms with Crippen LogP contribution in [0, 0.1) is 5.92 Å². The summed E-state index contributed by atoms with van der Waals surface area (Å²) in [7, 11) is 0. The lowest BCUT2D eigenvalue weighted by Crippen LogP contribution is -2.64. The number of nitrogens with zero attached hydrogens (tertiary/aromatic N) is 1. The van der Waals surface area contributed by atoms with E-state index in [2.05, 4.69) is 11.8 Å². The highest BCUT2D eigenvalue weighted by atomic mass is 16.5. The first-order valence-electron chi connectivity index (χ1n) is 6.62. The molecule has 2 atom stereocenters. The Balaban J connectivity index is 1.73. The molecule has 1 aliphatic carbocycles. The topological polar surface area (TPSA) is 49.8 Å². The predicted octanol–water partition coefficient (Wildman–Crippen LogP) is 1.74. The van der Waals surface area contributed by atoms with Crippen molar-refractivity contribution in [2.75, 3.05) is 19.7 Å². The minimum Gasteiger partial charge on any atom is -0.480 e. The molecule has 1 saturated carbocycles. The summed E-state index contributed by atoms with van der Waals surface area (Å²) in [4.78, 5) is 12.9. The molecule has 0 spiro atoms. The molecule has 1 saturated heterocycles. The molecule has 0 aromatic rings. The number of ether oxygens (including phenoxy) is 1. The van der Waals surface area contributed by atoms with Crippen molar-refractivity contribution in [3.63, 3.8) is 0 Å². The second-order valence-corrected chi connectivity index (χ2v) is 5.78. The molecule has 4 nitrogen and oxygen atoms in total. The fourth-order valence-corrected chi connectivity index (χ4v) is 3.15. The standard InChI is InChI=1S/C13H23NO3/c1-3-10-4-5-11(6-10)14-8-13(2,9-14)17-7-12(15)16/h10-11H,3-9H2,1-2H3,(H,15,16). The second kappa shape index (κ2) is 4.94. The van der Waals surface area contributed by atoms with Crippen molar-refractivity contribution >= 4 is 5.97 Å². The summed E-state index contributed by atoms with van der Waals surface area (Å²) in [6.45, 7) is 5.89. The lowest BCUT2D eigenvalue weighted by molar-refractivity contribution is -0.169. The van der Waals surface area contributed by atoms with E-state index in [9.17, 15) is 4.79 Å². The molecule has 2 aliphatic rings. The van der Waals surface area contributed by atoms with Crippen LogP contribution in [0.3, 0.4) is 0 Å². The molecule has 98 valence electrons. The lowest BCUT2D eigenvalue weighted by Gasteiger charge is -2.50. The second-order valence-electron chi connectivity index (χ2n) is 5.78. The van der Waals surface area contributed by atoms with Gasteiger partial charge in [0.1, 0.15) is 6.61 Å². The molecule has 0 amide bonds. The molecule has 0 aromatic heterocycles. The molecule has 4 heteroatoms. The fourth-order valence-electron chi connectivity index (χ4n) is 3.15. The molecule has 0 aromatic carbocycles. The van der Waals surface area contributed by atoms with Crippen LogP contribution >= 0.6 is 0 Å². The van der Waals surface area contributed by atoms with Crippen molar-refractivity contribution in [3.8, 4) is 0 Å². The average Bonchev–Trinajstić information content (AvgIpc) is 2.70. The summed E-state index contributed by atoms with van der Waals surface area (Å²) in [6.07, 6.45) is 5.25. The fraction of sp³-hybridized carbons (Fsp3) is 0.923. The van der Waals surface area contributed by atoms with Gasteiger partial charge >= 0.3 is 5.97 Å². The zero-order valence-electron chi connectivity index (χ0n) is 10.8. The van der Waals surface area contributed by atoms with E-state index < -0.39 is 5.97 Å². The molecule has 0 radical (unpaired) electrons. The van der Waals surface area contributed by atoms with E-state index in [1.54, 1.807) is 0 Å². The maximum atomic E-state index is 10.5. The molecule has 2 fully saturated rings. The highest BCUT2D eigenvalue weighted by Gasteiger charge is 2.44. The van der Waals surface area contributed by atoms with Gasteiger partial charge in [0.05, 0.1) is 5.60 Å². The van der Waals surface area contributed by atoms with E-state index in [-0.39, 0.29) is 12.2 Å². The Morgan fingerprint density at radius 2 is 2.18 bits per heavy atom. The minimum absolute atomic E-state index is 0.174. The number of hydrogen-bond acceptors (Lipinski definition) is 3. The smallest absolute Gasteiger partial charge is 0.329 e. The number of carboxylic acids is 1. The van der Waals surface area contributed by atoms with Gasteiger partial charge in [0.25, 0.3) is 0 Å². The zero-order valence-corrected chi connectivity index (χ0v) is 10.8. The van der Waals surface area contributed by atoms with Crippen molar-refractivity contribution in [3.05, 3.63) is 0 Å². The summed E-state index contributed by atoms with van der Waals surface area (Å²) in [5.41, 5.74) is -0.233. The highest BCUT2D eigenvalue weighted by Crippen LogP contribution is 2.36. The van der Waals surface area contributed by atoms with Crippen molar-refractivity contribution < 1.29 is 14.6 Å². The Bertz CT molecular complexity index is 286. The Morgan fingerprint density at radius 3 is 2.71 bits per heavy atom. The van der Waals surface area contributed by atoms with E-state index in [0.717, 1.165) is 19.0 Å². The SMILES string of the molecule is CCC1CCC(N2CC(C)(OCC(=O)O)C2)C1. The summed E-state index contributed by atoms with van der Waals surface area (Å²) < 4.78 is 5.43. The van der Waals surface area contributed by atoms with E-state index in [1.807, 2.05) is 6.92 Å². The number of hydrogen-bond donors (Lipinski definition) is 1. The Labute approximate surface area is 103 Å². The highest BCUT2D eigenvalue weighted by molar-refractivity contribution is 5.68. The number of carbonyl (C=O) groups is 1. The summed E-state index contributed by atoms with van der Waals surface area (Å²) >= 11 is 0. The third-order valence-electron chi connectivity index (χ3n) is 4.23. The Kier molecular flexibility index (Phi) is 3.73. The minimum atomic E-state index is -0.878. The third-order valence-corrected chi connectivity index (χ3v) is 4.23. The molecule has 1 heterocycles. The van der Waals surface area contributed by atoms with Crippen molar-refractivity contribution in [2.45, 2.75) is 51.2 Å². The van der Waals surface area contributed by atoms with Crippen LogP contribution in [0.4, 0.5) is 0 Å². The number of carboxylic acid groups (broad SMARTS) is 1. The summed E-state index contributed by atoms with van der Waals surface area (Å²) in [5, 5.41) is 8.60.